The molecule has 1 atom stereocenters. The molecule has 1 aromatic carbocycles. The molecule has 0 radical (unpaired) electrons. The van der Waals surface area contributed by atoms with Gasteiger partial charge in [0.2, 0.25) is 0 Å². The highest BCUT2D eigenvalue weighted by Crippen LogP contribution is 2.35. The molecular weight excluding hydrogens is 266 g/mol. The third kappa shape index (κ3) is 4.13. The van der Waals surface area contributed by atoms with Crippen molar-refractivity contribution in [1.29, 1.82) is 0 Å². The summed E-state index contributed by atoms with van der Waals surface area (Å²) in [6.45, 7) is 8.81. The number of unbranched alkanes of at least 4 members (excludes halogenated alkanes) is 1. The number of likely N-dealkylation sites (tertiary alicyclic amines) is 1. The summed E-state index contributed by atoms with van der Waals surface area (Å²) in [7, 11) is 0. The lowest BCUT2D eigenvalue weighted by Crippen LogP contribution is -2.40. The molecular formula is C21H33N. The summed E-state index contributed by atoms with van der Waals surface area (Å²) in [4.78, 5) is 2.71. The molecule has 0 N–H and O–H groups in total. The predicted octanol–water partition coefficient (Wildman–Crippen LogP) is 5.40. The molecule has 0 amide bonds. The topological polar surface area (TPSA) is 3.24 Å². The Kier molecular flexibility index (Phi) is 5.23. The summed E-state index contributed by atoms with van der Waals surface area (Å²) < 4.78 is 0. The first-order valence-corrected chi connectivity index (χ1v) is 9.44. The number of piperidine rings is 1. The van der Waals surface area contributed by atoms with Crippen LogP contribution >= 0.6 is 0 Å². The maximum Gasteiger partial charge on any atom is 0.00327 e. The first-order chi connectivity index (χ1) is 10.6. The first kappa shape index (κ1) is 16.1. The van der Waals surface area contributed by atoms with Crippen molar-refractivity contribution in [1.82, 2.24) is 4.90 Å². The van der Waals surface area contributed by atoms with E-state index in [0.717, 1.165) is 5.92 Å². The van der Waals surface area contributed by atoms with Gasteiger partial charge in [0.15, 0.2) is 0 Å². The fourth-order valence-corrected chi connectivity index (χ4v) is 4.62. The summed E-state index contributed by atoms with van der Waals surface area (Å²) in [6, 6.07) is 9.16. The zero-order chi connectivity index (χ0) is 15.4. The van der Waals surface area contributed by atoms with Gasteiger partial charge in [-0.15, -0.1) is 0 Å². The van der Waals surface area contributed by atoms with Gasteiger partial charge in [-0.2, -0.15) is 0 Å². The third-order valence-corrected chi connectivity index (χ3v) is 5.75. The Labute approximate surface area is 137 Å². The maximum atomic E-state index is 2.71. The Morgan fingerprint density at radius 3 is 2.86 bits per heavy atom. The van der Waals surface area contributed by atoms with Gasteiger partial charge >= 0.3 is 0 Å². The van der Waals surface area contributed by atoms with Crippen LogP contribution in [-0.2, 0) is 6.42 Å². The van der Waals surface area contributed by atoms with Crippen LogP contribution in [0.4, 0.5) is 0 Å². The number of hydrogen-bond acceptors (Lipinski definition) is 1. The van der Waals surface area contributed by atoms with E-state index >= 15 is 0 Å². The van der Waals surface area contributed by atoms with Crippen molar-refractivity contribution in [3.8, 4) is 0 Å². The van der Waals surface area contributed by atoms with Gasteiger partial charge < -0.3 is 4.90 Å². The molecule has 1 aromatic rings. The first-order valence-electron chi connectivity index (χ1n) is 9.44. The lowest BCUT2D eigenvalue weighted by molar-refractivity contribution is 0.116. The molecule has 1 heteroatoms. The molecule has 3 rings (SSSR count). The van der Waals surface area contributed by atoms with Crippen LogP contribution in [0.1, 0.15) is 75.8 Å². The fraction of sp³-hybridized carbons (Fsp3) is 0.714. The molecule has 1 aliphatic heterocycles. The van der Waals surface area contributed by atoms with E-state index in [0.29, 0.717) is 5.41 Å². The van der Waals surface area contributed by atoms with Gasteiger partial charge in [0, 0.05) is 6.54 Å². The molecule has 22 heavy (non-hydrogen) atoms. The Morgan fingerprint density at radius 1 is 1.14 bits per heavy atom. The second kappa shape index (κ2) is 7.17. The van der Waals surface area contributed by atoms with Crippen LogP contribution in [0.3, 0.4) is 0 Å². The molecule has 1 nitrogen and oxygen atoms in total. The maximum absolute atomic E-state index is 2.71. The van der Waals surface area contributed by atoms with Gasteiger partial charge in [0.1, 0.15) is 0 Å². The van der Waals surface area contributed by atoms with E-state index in [1.807, 2.05) is 0 Å². The molecule has 0 saturated carbocycles. The van der Waals surface area contributed by atoms with Crippen LogP contribution in [-0.4, -0.2) is 24.5 Å². The molecule has 1 aliphatic carbocycles. The molecule has 1 saturated heterocycles. The Morgan fingerprint density at radius 2 is 2.00 bits per heavy atom. The van der Waals surface area contributed by atoms with Crippen molar-refractivity contribution >= 4 is 0 Å². The molecule has 1 heterocycles. The van der Waals surface area contributed by atoms with Crippen molar-refractivity contribution in [2.45, 2.75) is 71.1 Å². The number of aryl methyl sites for hydroxylation is 1. The summed E-state index contributed by atoms with van der Waals surface area (Å²) in [5.41, 5.74) is 3.82. The minimum atomic E-state index is 0.542. The van der Waals surface area contributed by atoms with E-state index in [2.05, 4.69) is 43.0 Å². The zero-order valence-electron chi connectivity index (χ0n) is 14.6. The second-order valence-electron chi connectivity index (χ2n) is 8.33. The lowest BCUT2D eigenvalue weighted by atomic mass is 9.80. The Bertz CT molecular complexity index is 477. The number of rotatable bonds is 5. The smallest absolute Gasteiger partial charge is 0.00327 e. The van der Waals surface area contributed by atoms with Crippen molar-refractivity contribution < 1.29 is 0 Å². The van der Waals surface area contributed by atoms with Gasteiger partial charge in [-0.05, 0) is 80.5 Å². The van der Waals surface area contributed by atoms with Gasteiger partial charge in [-0.1, -0.05) is 44.5 Å². The third-order valence-electron chi connectivity index (χ3n) is 5.75. The van der Waals surface area contributed by atoms with E-state index in [1.54, 1.807) is 11.1 Å². The number of hydrogen-bond donors (Lipinski definition) is 0. The van der Waals surface area contributed by atoms with Crippen LogP contribution in [0, 0.1) is 5.41 Å². The average Bonchev–Trinajstić information content (AvgIpc) is 2.51. The van der Waals surface area contributed by atoms with Crippen molar-refractivity contribution in [2.75, 3.05) is 19.6 Å². The highest BCUT2D eigenvalue weighted by Gasteiger charge is 2.26. The summed E-state index contributed by atoms with van der Waals surface area (Å²) in [5, 5.41) is 0. The molecule has 1 fully saturated rings. The molecule has 0 aromatic heterocycles. The van der Waals surface area contributed by atoms with E-state index < -0.39 is 0 Å². The monoisotopic (exact) mass is 299 g/mol. The highest BCUT2D eigenvalue weighted by atomic mass is 15.1. The SMILES string of the molecule is CC1(C)CCCN(CCCCC2CCCc3ccccc32)C1. The largest absolute Gasteiger partial charge is 0.303 e. The molecule has 122 valence electrons. The van der Waals surface area contributed by atoms with Crippen LogP contribution in [0.2, 0.25) is 0 Å². The van der Waals surface area contributed by atoms with Crippen LogP contribution in [0.15, 0.2) is 24.3 Å². The van der Waals surface area contributed by atoms with Gasteiger partial charge in [-0.3, -0.25) is 0 Å². The summed E-state index contributed by atoms with van der Waals surface area (Å²) in [5.74, 6) is 0.836. The van der Waals surface area contributed by atoms with Crippen molar-refractivity contribution in [3.05, 3.63) is 35.4 Å². The van der Waals surface area contributed by atoms with E-state index in [1.165, 1.54) is 71.0 Å². The molecule has 0 bridgehead atoms. The standard InChI is InChI=1S/C21H33N/c1-21(2)14-8-16-22(17-21)15-6-5-10-19-12-7-11-18-9-3-4-13-20(18)19/h3-4,9,13,19H,5-8,10-12,14-17H2,1-2H3. The van der Waals surface area contributed by atoms with E-state index in [-0.39, 0.29) is 0 Å². The van der Waals surface area contributed by atoms with E-state index in [4.69, 9.17) is 0 Å². The van der Waals surface area contributed by atoms with Gasteiger partial charge in [-0.25, -0.2) is 0 Å². The van der Waals surface area contributed by atoms with Crippen LogP contribution < -0.4 is 0 Å². The Balaban J connectivity index is 1.43. The molecule has 1 unspecified atom stereocenters. The summed E-state index contributed by atoms with van der Waals surface area (Å²) in [6.07, 6.45) is 11.1. The molecule has 0 spiro atoms. The highest BCUT2D eigenvalue weighted by molar-refractivity contribution is 5.32. The zero-order valence-corrected chi connectivity index (χ0v) is 14.6. The number of fused-ring (bicyclic) bond motifs is 1. The molecule has 2 aliphatic rings. The van der Waals surface area contributed by atoms with Crippen molar-refractivity contribution in [2.24, 2.45) is 5.41 Å². The number of nitrogens with zero attached hydrogens (tertiary/aromatic N) is 1. The quantitative estimate of drug-likeness (QED) is 0.658. The normalized spacial score (nSPS) is 24.9. The second-order valence-corrected chi connectivity index (χ2v) is 8.33. The average molecular weight is 300 g/mol. The summed E-state index contributed by atoms with van der Waals surface area (Å²) >= 11 is 0. The predicted molar refractivity (Wildman–Crippen MR) is 95.4 cm³/mol. The van der Waals surface area contributed by atoms with Crippen LogP contribution in [0.5, 0.6) is 0 Å². The van der Waals surface area contributed by atoms with Gasteiger partial charge in [0.25, 0.3) is 0 Å². The van der Waals surface area contributed by atoms with Crippen LogP contribution in [0.25, 0.3) is 0 Å². The Hall–Kier alpha value is -0.820. The minimum Gasteiger partial charge on any atom is -0.303 e. The number of benzene rings is 1. The minimum absolute atomic E-state index is 0.542. The van der Waals surface area contributed by atoms with E-state index in [9.17, 15) is 0 Å². The fourth-order valence-electron chi connectivity index (χ4n) is 4.62. The van der Waals surface area contributed by atoms with Gasteiger partial charge in [0.05, 0.1) is 0 Å². The lowest BCUT2D eigenvalue weighted by Gasteiger charge is -2.38. The van der Waals surface area contributed by atoms with Crippen molar-refractivity contribution in [3.63, 3.8) is 0 Å².